The second-order valence-corrected chi connectivity index (χ2v) is 10.8. The highest BCUT2D eigenvalue weighted by Crippen LogP contribution is 2.39. The first kappa shape index (κ1) is 21.8. The molecule has 0 aliphatic heterocycles. The summed E-state index contributed by atoms with van der Waals surface area (Å²) in [7, 11) is 0. The normalized spacial score (nSPS) is 12.1. The molecule has 0 aliphatic rings. The van der Waals surface area contributed by atoms with Gasteiger partial charge < -0.3 is 0 Å². The van der Waals surface area contributed by atoms with Crippen LogP contribution in [0.5, 0.6) is 0 Å². The number of fused-ring (bicyclic) bond motifs is 7. The Labute approximate surface area is 198 Å². The maximum absolute atomic E-state index is 5.21. The summed E-state index contributed by atoms with van der Waals surface area (Å²) in [5, 5.41) is 6.88. The zero-order valence-corrected chi connectivity index (χ0v) is 20.9. The van der Waals surface area contributed by atoms with Gasteiger partial charge in [-0.3, -0.25) is 0 Å². The number of thiophene rings is 2. The van der Waals surface area contributed by atoms with Gasteiger partial charge in [-0.15, -0.1) is 22.7 Å². The van der Waals surface area contributed by atoms with Gasteiger partial charge in [-0.25, -0.2) is 9.97 Å². The first-order valence-electron chi connectivity index (χ1n) is 12.3. The Kier molecular flexibility index (Phi) is 6.70. The van der Waals surface area contributed by atoms with Crippen molar-refractivity contribution in [2.24, 2.45) is 0 Å². The fourth-order valence-corrected chi connectivity index (χ4v) is 6.84. The minimum atomic E-state index is 1.06. The molecule has 0 aliphatic carbocycles. The van der Waals surface area contributed by atoms with Crippen LogP contribution in [0.4, 0.5) is 0 Å². The Morgan fingerprint density at radius 3 is 1.53 bits per heavy atom. The summed E-state index contributed by atoms with van der Waals surface area (Å²) in [5.41, 5.74) is 7.23. The molecule has 0 bridgehead atoms. The maximum atomic E-state index is 5.21. The number of aromatic nitrogens is 2. The van der Waals surface area contributed by atoms with E-state index in [0.717, 1.165) is 34.9 Å². The molecule has 5 rings (SSSR count). The van der Waals surface area contributed by atoms with E-state index in [1.54, 1.807) is 0 Å². The molecular weight excluding hydrogens is 428 g/mol. The standard InChI is InChI=1S/C28H32N2S2/c1-3-5-7-9-11-19-17-23-24(18-20(19)12-10-8-6-4-2)30-26-22-14-16-32-28(22)27-21(13-15-31-27)25(26)29-23/h13-18H,3-12H2,1-2H3. The van der Waals surface area contributed by atoms with Crippen LogP contribution >= 0.6 is 22.7 Å². The molecule has 0 N–H and O–H groups in total. The van der Waals surface area contributed by atoms with Crippen LogP contribution < -0.4 is 0 Å². The fourth-order valence-electron chi connectivity index (χ4n) is 4.86. The van der Waals surface area contributed by atoms with Gasteiger partial charge in [-0.2, -0.15) is 0 Å². The zero-order valence-electron chi connectivity index (χ0n) is 19.2. The van der Waals surface area contributed by atoms with Gasteiger partial charge in [0.05, 0.1) is 31.5 Å². The minimum Gasteiger partial charge on any atom is -0.244 e. The third-order valence-electron chi connectivity index (χ3n) is 6.63. The molecular formula is C28H32N2S2. The van der Waals surface area contributed by atoms with Gasteiger partial charge in [0.15, 0.2) is 0 Å². The van der Waals surface area contributed by atoms with Gasteiger partial charge in [0, 0.05) is 10.8 Å². The van der Waals surface area contributed by atoms with Crippen molar-refractivity contribution in [3.05, 3.63) is 46.2 Å². The van der Waals surface area contributed by atoms with E-state index in [9.17, 15) is 0 Å². The summed E-state index contributed by atoms with van der Waals surface area (Å²) in [5.74, 6) is 0. The zero-order chi connectivity index (χ0) is 21.9. The molecule has 166 valence electrons. The van der Waals surface area contributed by atoms with Crippen LogP contribution in [0.1, 0.15) is 76.3 Å². The van der Waals surface area contributed by atoms with E-state index in [1.807, 2.05) is 22.7 Å². The maximum Gasteiger partial charge on any atom is 0.0988 e. The van der Waals surface area contributed by atoms with Crippen molar-refractivity contribution in [2.75, 3.05) is 0 Å². The Morgan fingerprint density at radius 1 is 0.625 bits per heavy atom. The largest absolute Gasteiger partial charge is 0.244 e. The fraction of sp³-hybridized carbons (Fsp3) is 0.429. The molecule has 0 spiro atoms. The molecule has 0 saturated heterocycles. The van der Waals surface area contributed by atoms with Crippen molar-refractivity contribution < 1.29 is 0 Å². The van der Waals surface area contributed by atoms with E-state index >= 15 is 0 Å². The van der Waals surface area contributed by atoms with E-state index in [2.05, 4.69) is 48.9 Å². The molecule has 0 saturated carbocycles. The monoisotopic (exact) mass is 460 g/mol. The lowest BCUT2D eigenvalue weighted by Crippen LogP contribution is -1.99. The number of hydrogen-bond acceptors (Lipinski definition) is 4. The molecule has 4 heteroatoms. The van der Waals surface area contributed by atoms with Gasteiger partial charge >= 0.3 is 0 Å². The predicted molar refractivity (Wildman–Crippen MR) is 144 cm³/mol. The number of hydrogen-bond donors (Lipinski definition) is 0. The average Bonchev–Trinajstić information content (AvgIpc) is 3.48. The number of aryl methyl sites for hydroxylation is 2. The van der Waals surface area contributed by atoms with Crippen molar-refractivity contribution in [1.29, 1.82) is 0 Å². The lowest BCUT2D eigenvalue weighted by Gasteiger charge is -2.13. The van der Waals surface area contributed by atoms with Gasteiger partial charge in [0.25, 0.3) is 0 Å². The van der Waals surface area contributed by atoms with Crippen molar-refractivity contribution in [3.63, 3.8) is 0 Å². The van der Waals surface area contributed by atoms with Crippen LogP contribution in [0.15, 0.2) is 35.0 Å². The third kappa shape index (κ3) is 4.15. The van der Waals surface area contributed by atoms with E-state index in [0.29, 0.717) is 0 Å². The van der Waals surface area contributed by atoms with E-state index in [4.69, 9.17) is 9.97 Å². The van der Waals surface area contributed by atoms with E-state index < -0.39 is 0 Å². The van der Waals surface area contributed by atoms with Crippen molar-refractivity contribution >= 4 is 64.9 Å². The highest BCUT2D eigenvalue weighted by atomic mass is 32.1. The van der Waals surface area contributed by atoms with Crippen molar-refractivity contribution in [2.45, 2.75) is 78.1 Å². The van der Waals surface area contributed by atoms with Crippen LogP contribution in [-0.2, 0) is 12.8 Å². The number of unbranched alkanes of at least 4 members (excludes halogenated alkanes) is 6. The Hall–Kier alpha value is -2.04. The van der Waals surface area contributed by atoms with Crippen LogP contribution in [0.25, 0.3) is 42.2 Å². The van der Waals surface area contributed by atoms with Gasteiger partial charge in [0.2, 0.25) is 0 Å². The summed E-state index contributed by atoms with van der Waals surface area (Å²) in [6.07, 6.45) is 12.7. The highest BCUT2D eigenvalue weighted by Gasteiger charge is 2.15. The molecule has 0 radical (unpaired) electrons. The minimum absolute atomic E-state index is 1.06. The Balaban J connectivity index is 1.62. The van der Waals surface area contributed by atoms with Crippen LogP contribution in [0.2, 0.25) is 0 Å². The van der Waals surface area contributed by atoms with Gasteiger partial charge in [-0.05, 0) is 71.8 Å². The van der Waals surface area contributed by atoms with E-state index in [-0.39, 0.29) is 0 Å². The van der Waals surface area contributed by atoms with Gasteiger partial charge in [0.1, 0.15) is 0 Å². The average molecular weight is 461 g/mol. The van der Waals surface area contributed by atoms with Crippen LogP contribution in [0.3, 0.4) is 0 Å². The predicted octanol–water partition coefficient (Wildman–Crippen LogP) is 9.46. The molecule has 0 fully saturated rings. The topological polar surface area (TPSA) is 25.8 Å². The summed E-state index contributed by atoms with van der Waals surface area (Å²) >= 11 is 3.64. The molecule has 2 nitrogen and oxygen atoms in total. The third-order valence-corrected chi connectivity index (χ3v) is 8.62. The summed E-state index contributed by atoms with van der Waals surface area (Å²) in [6, 6.07) is 9.16. The Morgan fingerprint density at radius 2 is 1.09 bits per heavy atom. The SMILES string of the molecule is CCCCCCc1cc2nc3c4ccsc4c4sccc4c3nc2cc1CCCCCC. The number of rotatable bonds is 10. The van der Waals surface area contributed by atoms with Gasteiger partial charge in [-0.1, -0.05) is 52.4 Å². The second kappa shape index (κ2) is 9.84. The molecule has 0 amide bonds. The van der Waals surface area contributed by atoms with Crippen molar-refractivity contribution in [1.82, 2.24) is 9.97 Å². The highest BCUT2D eigenvalue weighted by molar-refractivity contribution is 7.25. The molecule has 0 unspecified atom stereocenters. The molecule has 3 heterocycles. The molecule has 5 aromatic rings. The smallest absolute Gasteiger partial charge is 0.0988 e. The summed E-state index contributed by atoms with van der Waals surface area (Å²) in [4.78, 5) is 10.4. The lowest BCUT2D eigenvalue weighted by molar-refractivity contribution is 0.651. The Bertz CT molecular complexity index is 1260. The summed E-state index contributed by atoms with van der Waals surface area (Å²) in [6.45, 7) is 4.57. The first-order chi connectivity index (χ1) is 15.8. The van der Waals surface area contributed by atoms with Crippen molar-refractivity contribution in [3.8, 4) is 0 Å². The quantitative estimate of drug-likeness (QED) is 0.153. The van der Waals surface area contributed by atoms with Crippen LogP contribution in [-0.4, -0.2) is 9.97 Å². The molecule has 0 atom stereocenters. The summed E-state index contributed by atoms with van der Waals surface area (Å²) < 4.78 is 2.70. The molecule has 2 aromatic carbocycles. The van der Waals surface area contributed by atoms with E-state index in [1.165, 1.54) is 82.7 Å². The molecule has 3 aromatic heterocycles. The number of nitrogens with zero attached hydrogens (tertiary/aromatic N) is 2. The first-order valence-corrected chi connectivity index (χ1v) is 14.1. The molecule has 32 heavy (non-hydrogen) atoms. The number of benzene rings is 2. The van der Waals surface area contributed by atoms with Crippen LogP contribution in [0, 0.1) is 0 Å². The lowest BCUT2D eigenvalue weighted by atomic mass is 9.95. The second-order valence-electron chi connectivity index (χ2n) is 8.98.